The van der Waals surface area contributed by atoms with Crippen LogP contribution in [0.4, 0.5) is 0 Å². The van der Waals surface area contributed by atoms with E-state index in [1.165, 1.54) is 48.6 Å². The zero-order chi connectivity index (χ0) is 17.7. The summed E-state index contributed by atoms with van der Waals surface area (Å²) in [5, 5.41) is 37.6. The van der Waals surface area contributed by atoms with E-state index >= 15 is 0 Å². The summed E-state index contributed by atoms with van der Waals surface area (Å²) in [6, 6.07) is 8.09. The second-order valence-corrected chi connectivity index (χ2v) is 4.78. The minimum atomic E-state index is -0.329. The lowest BCUT2D eigenvalue weighted by atomic mass is 10.1. The molecule has 0 saturated carbocycles. The summed E-state index contributed by atoms with van der Waals surface area (Å²) in [6.45, 7) is 14.5. The van der Waals surface area contributed by atoms with Crippen LogP contribution in [-0.4, -0.2) is 20.4 Å². The summed E-state index contributed by atoms with van der Waals surface area (Å²) in [4.78, 5) is 6.63. The zero-order valence-corrected chi connectivity index (χ0v) is 12.3. The number of aromatic hydroxyl groups is 4. The number of nitrogens with zero attached hydrogens (tertiary/aromatic N) is 2. The lowest BCUT2D eigenvalue weighted by molar-refractivity contribution is 0.403. The third kappa shape index (κ3) is 3.65. The summed E-state index contributed by atoms with van der Waals surface area (Å²) < 4.78 is 0. The van der Waals surface area contributed by atoms with E-state index < -0.39 is 0 Å². The SMILES string of the molecule is [C-]#[N+]C(=Cc1ccc(O)c(O)c1)C(=Cc1ccc(O)c(O)c1)[N+]#[C-]. The van der Waals surface area contributed by atoms with Gasteiger partial charge < -0.3 is 20.4 Å². The fourth-order valence-electron chi connectivity index (χ4n) is 1.90. The van der Waals surface area contributed by atoms with Crippen LogP contribution in [0.2, 0.25) is 0 Å². The van der Waals surface area contributed by atoms with E-state index in [1.807, 2.05) is 0 Å². The van der Waals surface area contributed by atoms with Crippen molar-refractivity contribution in [2.75, 3.05) is 0 Å². The molecule has 2 aromatic rings. The van der Waals surface area contributed by atoms with Gasteiger partial charge in [-0.15, -0.1) is 0 Å². The molecule has 0 unspecified atom stereocenters. The van der Waals surface area contributed by atoms with Crippen LogP contribution in [0.3, 0.4) is 0 Å². The van der Waals surface area contributed by atoms with Gasteiger partial charge in [0.1, 0.15) is 0 Å². The lowest BCUT2D eigenvalue weighted by Gasteiger charge is -2.02. The van der Waals surface area contributed by atoms with Crippen molar-refractivity contribution < 1.29 is 20.4 Å². The van der Waals surface area contributed by atoms with Crippen LogP contribution in [0, 0.1) is 13.1 Å². The minimum Gasteiger partial charge on any atom is -0.504 e. The van der Waals surface area contributed by atoms with Crippen LogP contribution < -0.4 is 0 Å². The first kappa shape index (κ1) is 16.5. The van der Waals surface area contributed by atoms with Crippen molar-refractivity contribution in [3.05, 3.63) is 81.8 Å². The standard InChI is InChI=1S/C18H12N2O4/c1-19-13(7-11-3-5-15(21)17(23)9-11)14(20-2)8-12-4-6-16(22)18(24)10-12/h3-10,21-24H. The molecule has 0 heterocycles. The van der Waals surface area contributed by atoms with Gasteiger partial charge in [0, 0.05) is 0 Å². The van der Waals surface area contributed by atoms with Gasteiger partial charge in [-0.3, -0.25) is 9.69 Å². The van der Waals surface area contributed by atoms with Crippen molar-refractivity contribution in [3.8, 4) is 23.0 Å². The van der Waals surface area contributed by atoms with Gasteiger partial charge in [-0.05, 0) is 35.4 Å². The maximum Gasteiger partial charge on any atom is 0.195 e. The Kier molecular flexibility index (Phi) is 4.74. The van der Waals surface area contributed by atoms with E-state index in [0.29, 0.717) is 11.1 Å². The Labute approximate surface area is 138 Å². The number of benzene rings is 2. The number of hydrogen-bond acceptors (Lipinski definition) is 4. The van der Waals surface area contributed by atoms with Crippen LogP contribution in [0.15, 0.2) is 47.8 Å². The molecule has 4 N–H and O–H groups in total. The minimum absolute atomic E-state index is 0.0302. The quantitative estimate of drug-likeness (QED) is 0.394. The molecule has 0 radical (unpaired) electrons. The summed E-state index contributed by atoms with van der Waals surface area (Å²) in [7, 11) is 0. The van der Waals surface area contributed by atoms with E-state index in [1.54, 1.807) is 0 Å². The molecule has 6 heteroatoms. The van der Waals surface area contributed by atoms with Gasteiger partial charge in [-0.1, -0.05) is 24.3 Å². The lowest BCUT2D eigenvalue weighted by Crippen LogP contribution is -1.83. The topological polar surface area (TPSA) is 89.6 Å². The van der Waals surface area contributed by atoms with Gasteiger partial charge in [0.25, 0.3) is 0 Å². The van der Waals surface area contributed by atoms with Gasteiger partial charge in [0.05, 0.1) is 13.1 Å². The molecule has 0 amide bonds. The molecule has 2 aromatic carbocycles. The first-order valence-corrected chi connectivity index (χ1v) is 6.67. The van der Waals surface area contributed by atoms with Crippen LogP contribution in [0.5, 0.6) is 23.0 Å². The number of hydrogen-bond donors (Lipinski definition) is 4. The Hall–Kier alpha value is -3.90. The maximum absolute atomic E-state index is 9.49. The van der Waals surface area contributed by atoms with Crippen molar-refractivity contribution in [3.63, 3.8) is 0 Å². The normalized spacial score (nSPS) is 11.6. The summed E-state index contributed by atoms with van der Waals surface area (Å²) >= 11 is 0. The molecule has 0 bridgehead atoms. The maximum atomic E-state index is 9.49. The molecule has 6 nitrogen and oxygen atoms in total. The highest BCUT2D eigenvalue weighted by atomic mass is 16.3. The van der Waals surface area contributed by atoms with Gasteiger partial charge in [-0.25, -0.2) is 0 Å². The molecule has 0 aliphatic heterocycles. The molecule has 2 rings (SSSR count). The molecule has 0 fully saturated rings. The molecule has 0 aliphatic carbocycles. The van der Waals surface area contributed by atoms with E-state index in [2.05, 4.69) is 9.69 Å². The molecular weight excluding hydrogens is 308 g/mol. The highest BCUT2D eigenvalue weighted by molar-refractivity contribution is 5.71. The molecule has 118 valence electrons. The first-order chi connectivity index (χ1) is 11.4. The van der Waals surface area contributed by atoms with E-state index in [-0.39, 0.29) is 34.4 Å². The number of phenolic OH excluding ortho intramolecular Hbond substituents is 4. The van der Waals surface area contributed by atoms with Gasteiger partial charge in [0.15, 0.2) is 34.4 Å². The second-order valence-electron chi connectivity index (χ2n) is 4.78. The first-order valence-electron chi connectivity index (χ1n) is 6.67. The van der Waals surface area contributed by atoms with Crippen molar-refractivity contribution in [2.24, 2.45) is 0 Å². The summed E-state index contributed by atoms with van der Waals surface area (Å²) in [5.41, 5.74) is 0.948. The van der Waals surface area contributed by atoms with E-state index in [4.69, 9.17) is 13.1 Å². The van der Waals surface area contributed by atoms with E-state index in [9.17, 15) is 20.4 Å². The molecule has 0 spiro atoms. The fraction of sp³-hybridized carbons (Fsp3) is 0. The highest BCUT2D eigenvalue weighted by Gasteiger charge is 2.08. The van der Waals surface area contributed by atoms with Crippen LogP contribution in [0.1, 0.15) is 11.1 Å². The van der Waals surface area contributed by atoms with Crippen molar-refractivity contribution in [1.82, 2.24) is 0 Å². The third-order valence-electron chi connectivity index (χ3n) is 3.11. The molecule has 24 heavy (non-hydrogen) atoms. The van der Waals surface area contributed by atoms with Gasteiger partial charge in [-0.2, -0.15) is 0 Å². The fourth-order valence-corrected chi connectivity index (χ4v) is 1.90. The Bertz CT molecular complexity index is 854. The highest BCUT2D eigenvalue weighted by Crippen LogP contribution is 2.29. The summed E-state index contributed by atoms with van der Waals surface area (Å²) in [5.74, 6) is -1.22. The Balaban J connectivity index is 2.46. The smallest absolute Gasteiger partial charge is 0.195 e. The zero-order valence-electron chi connectivity index (χ0n) is 12.3. The predicted molar refractivity (Wildman–Crippen MR) is 88.7 cm³/mol. The summed E-state index contributed by atoms with van der Waals surface area (Å²) in [6.07, 6.45) is 2.80. The second kappa shape index (κ2) is 6.91. The molecule has 0 aromatic heterocycles. The average Bonchev–Trinajstić information content (AvgIpc) is 2.57. The predicted octanol–water partition coefficient (Wildman–Crippen LogP) is 3.73. The number of phenols is 4. The van der Waals surface area contributed by atoms with Gasteiger partial charge in [0.2, 0.25) is 0 Å². The van der Waals surface area contributed by atoms with Crippen LogP contribution in [0.25, 0.3) is 21.8 Å². The molecule has 0 atom stereocenters. The number of rotatable bonds is 3. The van der Waals surface area contributed by atoms with Crippen molar-refractivity contribution in [2.45, 2.75) is 0 Å². The molecule has 0 saturated heterocycles. The Morgan fingerprint density at radius 2 is 1.04 bits per heavy atom. The van der Waals surface area contributed by atoms with E-state index in [0.717, 1.165) is 0 Å². The van der Waals surface area contributed by atoms with Crippen LogP contribution >= 0.6 is 0 Å². The Morgan fingerprint density at radius 3 is 1.33 bits per heavy atom. The van der Waals surface area contributed by atoms with Gasteiger partial charge >= 0.3 is 0 Å². The van der Waals surface area contributed by atoms with Crippen molar-refractivity contribution >= 4 is 12.2 Å². The monoisotopic (exact) mass is 320 g/mol. The average molecular weight is 320 g/mol. The Morgan fingerprint density at radius 1 is 0.667 bits per heavy atom. The largest absolute Gasteiger partial charge is 0.504 e. The molecule has 0 aliphatic rings. The van der Waals surface area contributed by atoms with Crippen LogP contribution in [-0.2, 0) is 0 Å². The molecular formula is C18H12N2O4. The van der Waals surface area contributed by atoms with Crippen molar-refractivity contribution in [1.29, 1.82) is 0 Å². The third-order valence-corrected chi connectivity index (χ3v) is 3.11.